The van der Waals surface area contributed by atoms with Crippen molar-refractivity contribution in [1.29, 1.82) is 0 Å². The summed E-state index contributed by atoms with van der Waals surface area (Å²) in [6.45, 7) is 12.6. The average molecular weight is 463 g/mol. The Labute approximate surface area is 202 Å². The third kappa shape index (κ3) is 3.59. The fourth-order valence-electron chi connectivity index (χ4n) is 10.2. The van der Waals surface area contributed by atoms with Gasteiger partial charge in [0.1, 0.15) is 11.5 Å². The number of fused-ring (bicyclic) bond motifs is 6. The van der Waals surface area contributed by atoms with E-state index in [4.69, 9.17) is 16.3 Å². The molecule has 2 nitrogen and oxygen atoms in total. The standard InChI is InChI=1S/C29H47ClO2/c1-17(2)7-6-8-18(3)22-11-12-23-20-10-9-19-15-25-21(26(30)27(31)32-25)16-29(19,5)24(20)13-14-28(22,23)4/h17-26H,6-16H2,1-5H3/t18-,19+,20+,21-,22-,23+,24+,25+,26-,28-,29+/m1/s1. The minimum absolute atomic E-state index is 0.0935. The number of alkyl halides is 1. The van der Waals surface area contributed by atoms with Crippen LogP contribution in [0.4, 0.5) is 0 Å². The van der Waals surface area contributed by atoms with Gasteiger partial charge in [-0.15, -0.1) is 11.6 Å². The maximum Gasteiger partial charge on any atom is 0.324 e. The van der Waals surface area contributed by atoms with Crippen molar-refractivity contribution < 1.29 is 9.53 Å². The SMILES string of the molecule is CC(C)CCC[C@@H](C)[C@H]1CC[C@H]2[C@@H]3CC[C@H]4C[C@@H]5OC(=O)[C@H](Cl)[C@@H]5C[C@]4(C)[C@H]3CC[C@]12C. The van der Waals surface area contributed by atoms with Crippen LogP contribution in [0.15, 0.2) is 0 Å². The zero-order chi connectivity index (χ0) is 22.8. The van der Waals surface area contributed by atoms with Crippen LogP contribution >= 0.6 is 11.6 Å². The smallest absolute Gasteiger partial charge is 0.324 e. The van der Waals surface area contributed by atoms with Crippen LogP contribution in [0.25, 0.3) is 0 Å². The summed E-state index contributed by atoms with van der Waals surface area (Å²) >= 11 is 6.56. The summed E-state index contributed by atoms with van der Waals surface area (Å²) in [5.41, 5.74) is 0.910. The summed E-state index contributed by atoms with van der Waals surface area (Å²) in [7, 11) is 0. The highest BCUT2D eigenvalue weighted by Gasteiger charge is 2.63. The summed E-state index contributed by atoms with van der Waals surface area (Å²) in [5.74, 6) is 6.09. The second-order valence-electron chi connectivity index (χ2n) is 13.7. The maximum atomic E-state index is 12.2. The molecule has 0 aromatic carbocycles. The molecular formula is C29H47ClO2. The van der Waals surface area contributed by atoms with Crippen molar-refractivity contribution in [3.05, 3.63) is 0 Å². The van der Waals surface area contributed by atoms with Crippen molar-refractivity contribution in [2.75, 3.05) is 0 Å². The van der Waals surface area contributed by atoms with E-state index in [1.807, 2.05) is 0 Å². The minimum atomic E-state index is -0.408. The van der Waals surface area contributed by atoms with Gasteiger partial charge in [0.2, 0.25) is 0 Å². The number of hydrogen-bond acceptors (Lipinski definition) is 2. The van der Waals surface area contributed by atoms with Crippen LogP contribution in [0.1, 0.15) is 105 Å². The first-order valence-electron chi connectivity index (χ1n) is 14.0. The molecule has 1 saturated heterocycles. The van der Waals surface area contributed by atoms with Gasteiger partial charge >= 0.3 is 5.97 Å². The van der Waals surface area contributed by atoms with Crippen LogP contribution in [-0.2, 0) is 9.53 Å². The molecule has 0 bridgehead atoms. The largest absolute Gasteiger partial charge is 0.461 e. The number of esters is 1. The van der Waals surface area contributed by atoms with Crippen molar-refractivity contribution in [3.63, 3.8) is 0 Å². The number of halogens is 1. The van der Waals surface area contributed by atoms with Crippen LogP contribution in [0, 0.1) is 58.2 Å². The van der Waals surface area contributed by atoms with Gasteiger partial charge in [-0.2, -0.15) is 0 Å². The third-order valence-corrected chi connectivity index (χ3v) is 12.3. The third-order valence-electron chi connectivity index (χ3n) is 11.8. The van der Waals surface area contributed by atoms with Gasteiger partial charge in [0.15, 0.2) is 0 Å². The van der Waals surface area contributed by atoms with E-state index in [1.165, 1.54) is 57.8 Å². The average Bonchev–Trinajstić information content (AvgIpc) is 3.22. The summed E-state index contributed by atoms with van der Waals surface area (Å²) in [6.07, 6.45) is 15.0. The Hall–Kier alpha value is -0.240. The lowest BCUT2D eigenvalue weighted by molar-refractivity contribution is -0.152. The zero-order valence-electron chi connectivity index (χ0n) is 21.2. The zero-order valence-corrected chi connectivity index (χ0v) is 22.0. The van der Waals surface area contributed by atoms with Crippen LogP contribution in [0.5, 0.6) is 0 Å². The second-order valence-corrected chi connectivity index (χ2v) is 14.1. The van der Waals surface area contributed by atoms with Gasteiger partial charge in [-0.25, -0.2) is 0 Å². The molecule has 1 aliphatic heterocycles. The Balaban J connectivity index is 1.31. The Morgan fingerprint density at radius 2 is 1.72 bits per heavy atom. The summed E-state index contributed by atoms with van der Waals surface area (Å²) in [5, 5.41) is -0.408. The molecule has 0 unspecified atom stereocenters. The molecule has 32 heavy (non-hydrogen) atoms. The van der Waals surface area contributed by atoms with E-state index >= 15 is 0 Å². The predicted molar refractivity (Wildman–Crippen MR) is 131 cm³/mol. The van der Waals surface area contributed by atoms with Crippen LogP contribution in [0.3, 0.4) is 0 Å². The maximum absolute atomic E-state index is 12.2. The van der Waals surface area contributed by atoms with E-state index in [1.54, 1.807) is 0 Å². The molecule has 182 valence electrons. The van der Waals surface area contributed by atoms with Gasteiger partial charge in [0.05, 0.1) is 0 Å². The fourth-order valence-corrected chi connectivity index (χ4v) is 10.5. The van der Waals surface area contributed by atoms with Gasteiger partial charge in [0, 0.05) is 5.92 Å². The Morgan fingerprint density at radius 1 is 0.969 bits per heavy atom. The van der Waals surface area contributed by atoms with Gasteiger partial charge in [-0.05, 0) is 104 Å². The molecule has 4 aliphatic carbocycles. The molecule has 0 spiro atoms. The minimum Gasteiger partial charge on any atom is -0.461 e. The second kappa shape index (κ2) is 8.46. The van der Waals surface area contributed by atoms with E-state index < -0.39 is 5.38 Å². The van der Waals surface area contributed by atoms with Crippen molar-refractivity contribution in [3.8, 4) is 0 Å². The molecule has 5 aliphatic rings. The molecular weight excluding hydrogens is 416 g/mol. The first-order chi connectivity index (χ1) is 15.1. The first-order valence-corrected chi connectivity index (χ1v) is 14.4. The van der Waals surface area contributed by atoms with Gasteiger partial charge in [-0.1, -0.05) is 53.9 Å². The molecule has 0 amide bonds. The van der Waals surface area contributed by atoms with Crippen molar-refractivity contribution >= 4 is 17.6 Å². The number of rotatable bonds is 5. The highest BCUT2D eigenvalue weighted by atomic mass is 35.5. The molecule has 5 rings (SSSR count). The summed E-state index contributed by atoms with van der Waals surface area (Å²) in [6, 6.07) is 0. The normalized spacial score (nSPS) is 50.9. The van der Waals surface area contributed by atoms with E-state index in [2.05, 4.69) is 34.6 Å². The molecule has 4 saturated carbocycles. The quantitative estimate of drug-likeness (QED) is 0.307. The lowest BCUT2D eigenvalue weighted by Crippen LogP contribution is -2.55. The molecule has 5 fully saturated rings. The Kier molecular flexibility index (Phi) is 6.21. The van der Waals surface area contributed by atoms with Crippen molar-refractivity contribution in [2.24, 2.45) is 58.2 Å². The molecule has 0 aromatic rings. The molecule has 11 atom stereocenters. The van der Waals surface area contributed by atoms with E-state index in [9.17, 15) is 4.79 Å². The molecule has 0 radical (unpaired) electrons. The van der Waals surface area contributed by atoms with Crippen LogP contribution in [0.2, 0.25) is 0 Å². The lowest BCUT2D eigenvalue weighted by atomic mass is 9.43. The van der Waals surface area contributed by atoms with Crippen LogP contribution in [-0.4, -0.2) is 17.5 Å². The molecule has 0 aromatic heterocycles. The fraction of sp³-hybridized carbons (Fsp3) is 0.966. The first kappa shape index (κ1) is 23.5. The van der Waals surface area contributed by atoms with Crippen LogP contribution < -0.4 is 0 Å². The molecule has 3 heteroatoms. The van der Waals surface area contributed by atoms with E-state index in [0.29, 0.717) is 10.8 Å². The van der Waals surface area contributed by atoms with E-state index in [0.717, 1.165) is 54.3 Å². The molecule has 1 heterocycles. The van der Waals surface area contributed by atoms with Gasteiger partial charge in [0.25, 0.3) is 0 Å². The predicted octanol–water partition coefficient (Wildman–Crippen LogP) is 7.87. The highest BCUT2D eigenvalue weighted by molar-refractivity contribution is 6.30. The van der Waals surface area contributed by atoms with Crippen molar-refractivity contribution in [2.45, 2.75) is 117 Å². The number of carbonyl (C=O) groups excluding carboxylic acids is 1. The van der Waals surface area contributed by atoms with E-state index in [-0.39, 0.29) is 18.0 Å². The topological polar surface area (TPSA) is 26.3 Å². The molecule has 0 N–H and O–H groups in total. The summed E-state index contributed by atoms with van der Waals surface area (Å²) in [4.78, 5) is 12.2. The van der Waals surface area contributed by atoms with Crippen molar-refractivity contribution in [1.82, 2.24) is 0 Å². The number of hydrogen-bond donors (Lipinski definition) is 0. The highest BCUT2D eigenvalue weighted by Crippen LogP contribution is 2.69. The lowest BCUT2D eigenvalue weighted by Gasteiger charge is -2.62. The number of ether oxygens (including phenoxy) is 1. The van der Waals surface area contributed by atoms with Gasteiger partial charge in [-0.3, -0.25) is 4.79 Å². The monoisotopic (exact) mass is 462 g/mol. The number of carbonyl (C=O) groups is 1. The summed E-state index contributed by atoms with van der Waals surface area (Å²) < 4.78 is 5.71. The van der Waals surface area contributed by atoms with Gasteiger partial charge < -0.3 is 4.74 Å². The Morgan fingerprint density at radius 3 is 2.47 bits per heavy atom. The Bertz CT molecular complexity index is 720.